The number of ether oxygens (including phenoxy) is 1. The largest absolute Gasteiger partial charge is 0.424 e. The Morgan fingerprint density at radius 3 is 3.28 bits per heavy atom. The molecule has 5 heteroatoms. The summed E-state index contributed by atoms with van der Waals surface area (Å²) in [6.07, 6.45) is 0. The van der Waals surface area contributed by atoms with Gasteiger partial charge in [0.1, 0.15) is 5.52 Å². The van der Waals surface area contributed by atoms with E-state index in [4.69, 9.17) is 9.15 Å². The molecule has 0 unspecified atom stereocenters. The minimum absolute atomic E-state index is 0.447. The van der Waals surface area contributed by atoms with Crippen LogP contribution in [0.2, 0.25) is 0 Å². The second-order valence-corrected chi connectivity index (χ2v) is 4.51. The Hall–Kier alpha value is -1.59. The molecule has 1 atom stereocenters. The molecule has 3 rings (SSSR count). The Bertz CT molecular complexity index is 471. The lowest BCUT2D eigenvalue weighted by atomic mass is 10.1. The van der Waals surface area contributed by atoms with Crippen LogP contribution in [0.25, 0.3) is 11.1 Å². The van der Waals surface area contributed by atoms with Crippen molar-refractivity contribution in [3.05, 3.63) is 24.3 Å². The van der Waals surface area contributed by atoms with Crippen LogP contribution in [-0.4, -0.2) is 37.8 Å². The molecule has 1 aliphatic heterocycles. The predicted molar refractivity (Wildman–Crippen MR) is 69.7 cm³/mol. The highest BCUT2D eigenvalue weighted by Crippen LogP contribution is 2.18. The lowest BCUT2D eigenvalue weighted by Gasteiger charge is -2.13. The summed E-state index contributed by atoms with van der Waals surface area (Å²) in [6, 6.07) is 8.35. The Kier molecular flexibility index (Phi) is 3.43. The van der Waals surface area contributed by atoms with Gasteiger partial charge in [-0.25, -0.2) is 0 Å². The van der Waals surface area contributed by atoms with E-state index in [0.717, 1.165) is 43.9 Å². The van der Waals surface area contributed by atoms with E-state index in [1.165, 1.54) is 0 Å². The Morgan fingerprint density at radius 2 is 2.33 bits per heavy atom. The number of rotatable bonds is 3. The van der Waals surface area contributed by atoms with E-state index in [9.17, 15) is 0 Å². The smallest absolute Gasteiger partial charge is 0.295 e. The summed E-state index contributed by atoms with van der Waals surface area (Å²) in [5.74, 6) is 0.447. The van der Waals surface area contributed by atoms with Crippen molar-refractivity contribution >= 4 is 17.1 Å². The maximum absolute atomic E-state index is 5.61. The van der Waals surface area contributed by atoms with E-state index in [-0.39, 0.29) is 0 Å². The topological polar surface area (TPSA) is 59.3 Å². The van der Waals surface area contributed by atoms with Gasteiger partial charge >= 0.3 is 0 Å². The summed E-state index contributed by atoms with van der Waals surface area (Å²) in [6.45, 7) is 4.27. The van der Waals surface area contributed by atoms with Gasteiger partial charge in [0.05, 0.1) is 13.2 Å². The molecule has 0 saturated carbocycles. The first-order valence-corrected chi connectivity index (χ1v) is 6.30. The molecular formula is C13H17N3O2. The first-order valence-electron chi connectivity index (χ1n) is 6.30. The van der Waals surface area contributed by atoms with Crippen molar-refractivity contribution < 1.29 is 9.15 Å². The third-order valence-corrected chi connectivity index (χ3v) is 3.05. The number of anilines is 1. The van der Waals surface area contributed by atoms with Gasteiger partial charge in [0.15, 0.2) is 5.58 Å². The zero-order valence-electron chi connectivity index (χ0n) is 10.2. The number of benzene rings is 1. The highest BCUT2D eigenvalue weighted by Gasteiger charge is 2.13. The molecule has 5 nitrogen and oxygen atoms in total. The Labute approximate surface area is 106 Å². The van der Waals surface area contributed by atoms with Crippen LogP contribution in [0.15, 0.2) is 28.7 Å². The quantitative estimate of drug-likeness (QED) is 0.860. The van der Waals surface area contributed by atoms with Crippen molar-refractivity contribution in [1.82, 2.24) is 10.3 Å². The van der Waals surface area contributed by atoms with Crippen LogP contribution in [-0.2, 0) is 4.74 Å². The standard InChI is InChI=1S/C13H17N3O2/c1-2-4-12-11(3-1)16-13(18-12)15-8-10-7-14-5-6-17-9-10/h1-4,10,14H,5-9H2,(H,15,16)/t10-/m0/s1. The van der Waals surface area contributed by atoms with Gasteiger partial charge in [0.2, 0.25) is 0 Å². The fourth-order valence-electron chi connectivity index (χ4n) is 2.07. The lowest BCUT2D eigenvalue weighted by Crippen LogP contribution is -2.28. The van der Waals surface area contributed by atoms with E-state index in [0.29, 0.717) is 11.9 Å². The molecular weight excluding hydrogens is 230 g/mol. The van der Waals surface area contributed by atoms with Crippen molar-refractivity contribution in [2.45, 2.75) is 0 Å². The van der Waals surface area contributed by atoms with Crippen molar-refractivity contribution in [2.75, 3.05) is 38.2 Å². The average Bonchev–Trinajstić information content (AvgIpc) is 2.63. The summed E-state index contributed by atoms with van der Waals surface area (Å²) >= 11 is 0. The summed E-state index contributed by atoms with van der Waals surface area (Å²) in [5.41, 5.74) is 1.70. The minimum atomic E-state index is 0.447. The molecule has 1 aromatic heterocycles. The number of aromatic nitrogens is 1. The molecule has 1 aliphatic rings. The molecule has 2 aromatic rings. The molecule has 1 fully saturated rings. The highest BCUT2D eigenvalue weighted by molar-refractivity contribution is 5.74. The van der Waals surface area contributed by atoms with Crippen molar-refractivity contribution in [3.8, 4) is 0 Å². The van der Waals surface area contributed by atoms with Gasteiger partial charge in [-0.3, -0.25) is 0 Å². The number of nitrogens with one attached hydrogen (secondary N) is 2. The summed E-state index contributed by atoms with van der Waals surface area (Å²) in [5, 5.41) is 6.58. The van der Waals surface area contributed by atoms with Gasteiger partial charge in [0, 0.05) is 25.6 Å². The minimum Gasteiger partial charge on any atom is -0.424 e. The van der Waals surface area contributed by atoms with Gasteiger partial charge in [0.25, 0.3) is 6.01 Å². The van der Waals surface area contributed by atoms with E-state index in [1.54, 1.807) is 0 Å². The molecule has 0 radical (unpaired) electrons. The summed E-state index contributed by atoms with van der Waals surface area (Å²) < 4.78 is 11.1. The van der Waals surface area contributed by atoms with Crippen LogP contribution in [0.3, 0.4) is 0 Å². The van der Waals surface area contributed by atoms with Crippen LogP contribution >= 0.6 is 0 Å². The fraction of sp³-hybridized carbons (Fsp3) is 0.462. The maximum Gasteiger partial charge on any atom is 0.295 e. The van der Waals surface area contributed by atoms with Crippen LogP contribution < -0.4 is 10.6 Å². The molecule has 0 amide bonds. The molecule has 96 valence electrons. The van der Waals surface area contributed by atoms with Gasteiger partial charge in [-0.05, 0) is 12.1 Å². The van der Waals surface area contributed by atoms with Crippen LogP contribution in [0.4, 0.5) is 6.01 Å². The number of nitrogens with zero attached hydrogens (tertiary/aromatic N) is 1. The summed E-state index contributed by atoms with van der Waals surface area (Å²) in [7, 11) is 0. The van der Waals surface area contributed by atoms with Gasteiger partial charge < -0.3 is 19.8 Å². The van der Waals surface area contributed by atoms with Crippen LogP contribution in [0.1, 0.15) is 0 Å². The Morgan fingerprint density at radius 1 is 1.39 bits per heavy atom. The molecule has 2 N–H and O–H groups in total. The SMILES string of the molecule is c1ccc2oc(NC[C@@H]3CNCCOC3)nc2c1. The second kappa shape index (κ2) is 5.37. The number of para-hydroxylation sites is 2. The van der Waals surface area contributed by atoms with Crippen LogP contribution in [0.5, 0.6) is 0 Å². The highest BCUT2D eigenvalue weighted by atomic mass is 16.5. The third-order valence-electron chi connectivity index (χ3n) is 3.05. The molecule has 0 bridgehead atoms. The maximum atomic E-state index is 5.61. The third kappa shape index (κ3) is 2.63. The number of hydrogen-bond donors (Lipinski definition) is 2. The van der Waals surface area contributed by atoms with Crippen molar-refractivity contribution in [3.63, 3.8) is 0 Å². The molecule has 0 aliphatic carbocycles. The predicted octanol–water partition coefficient (Wildman–Crippen LogP) is 1.48. The molecule has 1 saturated heterocycles. The summed E-state index contributed by atoms with van der Waals surface area (Å²) in [4.78, 5) is 4.38. The van der Waals surface area contributed by atoms with E-state index in [1.807, 2.05) is 24.3 Å². The molecule has 0 spiro atoms. The molecule has 1 aromatic carbocycles. The molecule has 18 heavy (non-hydrogen) atoms. The Balaban J connectivity index is 1.61. The van der Waals surface area contributed by atoms with Crippen LogP contribution in [0, 0.1) is 5.92 Å². The molecule has 2 heterocycles. The zero-order chi connectivity index (χ0) is 12.2. The lowest BCUT2D eigenvalue weighted by molar-refractivity contribution is 0.127. The van der Waals surface area contributed by atoms with E-state index in [2.05, 4.69) is 15.6 Å². The second-order valence-electron chi connectivity index (χ2n) is 4.51. The van der Waals surface area contributed by atoms with Gasteiger partial charge in [-0.15, -0.1) is 0 Å². The van der Waals surface area contributed by atoms with Gasteiger partial charge in [-0.2, -0.15) is 4.98 Å². The van der Waals surface area contributed by atoms with Crippen molar-refractivity contribution in [2.24, 2.45) is 5.92 Å². The first-order chi connectivity index (χ1) is 8.92. The van der Waals surface area contributed by atoms with Gasteiger partial charge in [-0.1, -0.05) is 12.1 Å². The number of fused-ring (bicyclic) bond motifs is 1. The zero-order valence-corrected chi connectivity index (χ0v) is 10.2. The monoisotopic (exact) mass is 247 g/mol. The fourth-order valence-corrected chi connectivity index (χ4v) is 2.07. The average molecular weight is 247 g/mol. The number of oxazole rings is 1. The first kappa shape index (κ1) is 11.5. The van der Waals surface area contributed by atoms with Crippen molar-refractivity contribution in [1.29, 1.82) is 0 Å². The normalized spacial score (nSPS) is 20.8. The number of hydrogen-bond acceptors (Lipinski definition) is 5. The van der Waals surface area contributed by atoms with E-state index < -0.39 is 0 Å². The van der Waals surface area contributed by atoms with E-state index >= 15 is 0 Å².